The van der Waals surface area contributed by atoms with Crippen molar-refractivity contribution in [2.45, 2.75) is 45.6 Å². The highest BCUT2D eigenvalue weighted by Crippen LogP contribution is 2.35. The summed E-state index contributed by atoms with van der Waals surface area (Å²) in [6, 6.07) is 4.08. The van der Waals surface area contributed by atoms with Crippen molar-refractivity contribution in [2.75, 3.05) is 45.9 Å². The van der Waals surface area contributed by atoms with E-state index in [0.717, 1.165) is 38.8 Å². The van der Waals surface area contributed by atoms with Crippen LogP contribution in [0.4, 0.5) is 4.79 Å². The van der Waals surface area contributed by atoms with Crippen LogP contribution in [0.2, 0.25) is 10.0 Å². The van der Waals surface area contributed by atoms with E-state index in [-0.39, 0.29) is 24.5 Å². The lowest BCUT2D eigenvalue weighted by Gasteiger charge is -2.38. The molecule has 0 unspecified atom stereocenters. The van der Waals surface area contributed by atoms with Gasteiger partial charge >= 0.3 is 12.0 Å². The summed E-state index contributed by atoms with van der Waals surface area (Å²) in [4.78, 5) is 45.0. The van der Waals surface area contributed by atoms with E-state index in [4.69, 9.17) is 27.9 Å². The molecular weight excluding hydrogens is 503 g/mol. The summed E-state index contributed by atoms with van der Waals surface area (Å²) in [5, 5.41) is 3.69. The van der Waals surface area contributed by atoms with Crippen LogP contribution in [0.15, 0.2) is 29.5 Å². The molecular formula is C26H34Cl2N4O4. The number of esters is 1. The molecule has 3 amide bonds. The third-order valence-corrected chi connectivity index (χ3v) is 7.99. The summed E-state index contributed by atoms with van der Waals surface area (Å²) in [5.41, 5.74) is 1.67. The molecule has 1 aromatic carbocycles. The molecule has 0 aromatic heterocycles. The van der Waals surface area contributed by atoms with Crippen LogP contribution in [0.25, 0.3) is 0 Å². The van der Waals surface area contributed by atoms with Crippen molar-refractivity contribution in [3.05, 3.63) is 45.1 Å². The first-order valence-electron chi connectivity index (χ1n) is 12.8. The van der Waals surface area contributed by atoms with Gasteiger partial charge in [0.25, 0.3) is 0 Å². The first-order valence-corrected chi connectivity index (χ1v) is 13.5. The van der Waals surface area contributed by atoms with E-state index in [2.05, 4.69) is 10.2 Å². The fraction of sp³-hybridized carbons (Fsp3) is 0.577. The Hall–Kier alpha value is -2.29. The predicted octanol–water partition coefficient (Wildman–Crippen LogP) is 4.23. The molecule has 1 saturated heterocycles. The van der Waals surface area contributed by atoms with Gasteiger partial charge in [0, 0.05) is 50.9 Å². The zero-order valence-electron chi connectivity index (χ0n) is 20.9. The maximum Gasteiger partial charge on any atom is 0.338 e. The van der Waals surface area contributed by atoms with Crippen molar-refractivity contribution in [3.63, 3.8) is 0 Å². The summed E-state index contributed by atoms with van der Waals surface area (Å²) in [6.07, 6.45) is 3.96. The summed E-state index contributed by atoms with van der Waals surface area (Å²) < 4.78 is 5.45. The average molecular weight is 537 g/mol. The van der Waals surface area contributed by atoms with Gasteiger partial charge in [-0.3, -0.25) is 14.6 Å². The smallest absolute Gasteiger partial charge is 0.338 e. The summed E-state index contributed by atoms with van der Waals surface area (Å²) in [5.74, 6) is -0.0284. The summed E-state index contributed by atoms with van der Waals surface area (Å²) in [6.45, 7) is 7.48. The SMILES string of the molecule is CCOC(=O)C1=C(CN2CCCN(C(=O)C3CCC3)CC2)N(CC)C(=O)N[C@H]1c1ccc(Cl)c(Cl)c1. The molecule has 0 spiro atoms. The first kappa shape index (κ1) is 26.8. The van der Waals surface area contributed by atoms with E-state index < -0.39 is 12.0 Å². The number of likely N-dealkylation sites (N-methyl/N-ethyl adjacent to an activating group) is 1. The van der Waals surface area contributed by atoms with E-state index >= 15 is 0 Å². The molecule has 1 saturated carbocycles. The number of carbonyl (C=O) groups excluding carboxylic acids is 3. The van der Waals surface area contributed by atoms with Crippen molar-refractivity contribution in [2.24, 2.45) is 5.92 Å². The van der Waals surface area contributed by atoms with E-state index in [9.17, 15) is 14.4 Å². The Morgan fingerprint density at radius 2 is 1.83 bits per heavy atom. The van der Waals surface area contributed by atoms with E-state index in [1.165, 1.54) is 0 Å². The summed E-state index contributed by atoms with van der Waals surface area (Å²) >= 11 is 12.4. The van der Waals surface area contributed by atoms with Gasteiger partial charge in [-0.05, 0) is 50.8 Å². The second-order valence-electron chi connectivity index (χ2n) is 9.46. The molecule has 2 fully saturated rings. The summed E-state index contributed by atoms with van der Waals surface area (Å²) in [7, 11) is 0. The molecule has 4 rings (SSSR count). The molecule has 1 N–H and O–H groups in total. The van der Waals surface area contributed by atoms with E-state index in [1.54, 1.807) is 30.0 Å². The molecule has 1 aromatic rings. The minimum atomic E-state index is -0.715. The topological polar surface area (TPSA) is 82.2 Å². The fourth-order valence-electron chi connectivity index (χ4n) is 5.07. The number of hydrogen-bond donors (Lipinski definition) is 1. The molecule has 196 valence electrons. The van der Waals surface area contributed by atoms with Crippen LogP contribution in [0.3, 0.4) is 0 Å². The Bertz CT molecular complexity index is 1040. The quantitative estimate of drug-likeness (QED) is 0.527. The highest BCUT2D eigenvalue weighted by Gasteiger charge is 2.39. The number of amides is 3. The molecule has 1 aliphatic carbocycles. The zero-order chi connectivity index (χ0) is 25.8. The Morgan fingerprint density at radius 3 is 2.47 bits per heavy atom. The second-order valence-corrected chi connectivity index (χ2v) is 10.3. The maximum atomic E-state index is 13.3. The van der Waals surface area contributed by atoms with Crippen molar-refractivity contribution in [3.8, 4) is 0 Å². The van der Waals surface area contributed by atoms with Gasteiger partial charge in [-0.2, -0.15) is 0 Å². The minimum Gasteiger partial charge on any atom is -0.463 e. The number of halogens is 2. The molecule has 3 aliphatic rings. The lowest BCUT2D eigenvalue weighted by Crippen LogP contribution is -2.51. The number of nitrogens with one attached hydrogen (secondary N) is 1. The third-order valence-electron chi connectivity index (χ3n) is 7.25. The zero-order valence-corrected chi connectivity index (χ0v) is 22.4. The number of carbonyl (C=O) groups is 3. The van der Waals surface area contributed by atoms with Gasteiger partial charge in [-0.1, -0.05) is 35.7 Å². The van der Waals surface area contributed by atoms with Gasteiger partial charge in [0.1, 0.15) is 0 Å². The number of benzene rings is 1. The highest BCUT2D eigenvalue weighted by molar-refractivity contribution is 6.42. The van der Waals surface area contributed by atoms with Crippen LogP contribution in [0, 0.1) is 5.92 Å². The standard InChI is InChI=1S/C26H34Cl2N4O4/c1-3-32-21(16-30-11-6-12-31(14-13-30)24(33)17-7-5-8-17)22(25(34)36-4-2)23(29-26(32)35)18-9-10-19(27)20(28)15-18/h9-10,15,17,23H,3-8,11-14,16H2,1-2H3,(H,29,35)/t23-/m0/s1. The molecule has 8 nitrogen and oxygen atoms in total. The largest absolute Gasteiger partial charge is 0.463 e. The lowest BCUT2D eigenvalue weighted by atomic mass is 9.84. The number of ether oxygens (including phenoxy) is 1. The number of nitrogens with zero attached hydrogens (tertiary/aromatic N) is 3. The lowest BCUT2D eigenvalue weighted by molar-refractivity contribution is -0.139. The first-order chi connectivity index (χ1) is 17.3. The van der Waals surface area contributed by atoms with Crippen LogP contribution in [0.1, 0.15) is 51.1 Å². The minimum absolute atomic E-state index is 0.180. The Morgan fingerprint density at radius 1 is 1.06 bits per heavy atom. The van der Waals surface area contributed by atoms with Gasteiger partial charge < -0.3 is 15.0 Å². The molecule has 0 radical (unpaired) electrons. The Balaban J connectivity index is 1.64. The molecule has 2 heterocycles. The van der Waals surface area contributed by atoms with Crippen molar-refractivity contribution in [1.29, 1.82) is 0 Å². The van der Waals surface area contributed by atoms with E-state index in [1.807, 2.05) is 11.8 Å². The maximum absolute atomic E-state index is 13.3. The highest BCUT2D eigenvalue weighted by atomic mass is 35.5. The van der Waals surface area contributed by atoms with Crippen LogP contribution < -0.4 is 5.32 Å². The van der Waals surface area contributed by atoms with Crippen molar-refractivity contribution >= 4 is 41.1 Å². The van der Waals surface area contributed by atoms with Gasteiger partial charge in [0.2, 0.25) is 5.91 Å². The molecule has 1 atom stereocenters. The number of hydrogen-bond acceptors (Lipinski definition) is 5. The number of rotatable bonds is 7. The molecule has 10 heteroatoms. The monoisotopic (exact) mass is 536 g/mol. The number of urea groups is 1. The van der Waals surface area contributed by atoms with E-state index in [0.29, 0.717) is 53.1 Å². The fourth-order valence-corrected chi connectivity index (χ4v) is 5.38. The van der Waals surface area contributed by atoms with Crippen molar-refractivity contribution in [1.82, 2.24) is 20.0 Å². The Kier molecular flexibility index (Phi) is 8.80. The van der Waals surface area contributed by atoms with Gasteiger partial charge in [-0.15, -0.1) is 0 Å². The van der Waals surface area contributed by atoms with Crippen LogP contribution >= 0.6 is 23.2 Å². The van der Waals surface area contributed by atoms with Crippen LogP contribution in [-0.4, -0.2) is 78.5 Å². The molecule has 0 bridgehead atoms. The predicted molar refractivity (Wildman–Crippen MR) is 139 cm³/mol. The van der Waals surface area contributed by atoms with Gasteiger partial charge in [0.05, 0.1) is 28.3 Å². The second kappa shape index (κ2) is 11.8. The van der Waals surface area contributed by atoms with Gasteiger partial charge in [0.15, 0.2) is 0 Å². The normalized spacial score (nSPS) is 21.7. The average Bonchev–Trinajstić information content (AvgIpc) is 3.05. The van der Waals surface area contributed by atoms with Crippen LogP contribution in [0.5, 0.6) is 0 Å². The van der Waals surface area contributed by atoms with Crippen molar-refractivity contribution < 1.29 is 19.1 Å². The van der Waals surface area contributed by atoms with Gasteiger partial charge in [-0.25, -0.2) is 9.59 Å². The molecule has 2 aliphatic heterocycles. The third kappa shape index (κ3) is 5.66. The Labute approximate surface area is 222 Å². The van der Waals surface area contributed by atoms with Crippen LogP contribution in [-0.2, 0) is 14.3 Å². The molecule has 36 heavy (non-hydrogen) atoms.